The molecule has 0 spiro atoms. The second-order valence-electron chi connectivity index (χ2n) is 4.37. The first kappa shape index (κ1) is 15.2. The van der Waals surface area contributed by atoms with Gasteiger partial charge in [0.15, 0.2) is 0 Å². The molecule has 2 aromatic carbocycles. The smallest absolute Gasteiger partial charge is 0.237 e. The standard InChI is InChI=1S/C14H12ClN3O2S/c15-12-2-1-3-13(17)14(12)18-21(19,20)9-11-6-4-10(8-16)5-7-11/h1-7,18H,9,17H2. The third-order valence-corrected chi connectivity index (χ3v) is 4.29. The van der Waals surface area contributed by atoms with Crippen LogP contribution < -0.4 is 10.5 Å². The highest BCUT2D eigenvalue weighted by Gasteiger charge is 2.15. The molecule has 3 N–H and O–H groups in total. The number of rotatable bonds is 4. The summed E-state index contributed by atoms with van der Waals surface area (Å²) in [5.41, 5.74) is 7.18. The van der Waals surface area contributed by atoms with Crippen molar-refractivity contribution in [1.82, 2.24) is 0 Å². The fourth-order valence-corrected chi connectivity index (χ4v) is 3.26. The second-order valence-corrected chi connectivity index (χ2v) is 6.50. The van der Waals surface area contributed by atoms with E-state index in [-0.39, 0.29) is 22.2 Å². The number of nitrogens with two attached hydrogens (primary N) is 1. The summed E-state index contributed by atoms with van der Waals surface area (Å²) in [5.74, 6) is -0.233. The van der Waals surface area contributed by atoms with E-state index in [0.717, 1.165) is 0 Å². The van der Waals surface area contributed by atoms with E-state index in [4.69, 9.17) is 22.6 Å². The van der Waals surface area contributed by atoms with E-state index in [2.05, 4.69) is 4.72 Å². The van der Waals surface area contributed by atoms with Crippen LogP contribution in [-0.2, 0) is 15.8 Å². The third-order valence-electron chi connectivity index (χ3n) is 2.74. The quantitative estimate of drug-likeness (QED) is 0.846. The van der Waals surface area contributed by atoms with Gasteiger partial charge in [0, 0.05) is 0 Å². The minimum atomic E-state index is -3.65. The Hall–Kier alpha value is -2.23. The first-order valence-corrected chi connectivity index (χ1v) is 7.98. The van der Waals surface area contributed by atoms with E-state index in [1.54, 1.807) is 42.5 Å². The Morgan fingerprint density at radius 2 is 1.86 bits per heavy atom. The number of hydrogen-bond acceptors (Lipinski definition) is 4. The van der Waals surface area contributed by atoms with Crippen LogP contribution in [0, 0.1) is 11.3 Å². The molecule has 2 aromatic rings. The second kappa shape index (κ2) is 6.04. The number of nitrogen functional groups attached to an aromatic ring is 1. The van der Waals surface area contributed by atoms with Gasteiger partial charge in [0.2, 0.25) is 10.0 Å². The number of anilines is 2. The van der Waals surface area contributed by atoms with Gasteiger partial charge in [0.1, 0.15) is 0 Å². The van der Waals surface area contributed by atoms with Crippen molar-refractivity contribution in [3.8, 4) is 6.07 Å². The number of nitrogens with one attached hydrogen (secondary N) is 1. The van der Waals surface area contributed by atoms with Crippen LogP contribution in [0.2, 0.25) is 5.02 Å². The zero-order chi connectivity index (χ0) is 15.5. The molecule has 0 heterocycles. The lowest BCUT2D eigenvalue weighted by molar-refractivity contribution is 0.600. The molecule has 0 amide bonds. The predicted octanol–water partition coefficient (Wildman–Crippen LogP) is 2.74. The maximum atomic E-state index is 12.1. The summed E-state index contributed by atoms with van der Waals surface area (Å²) in [4.78, 5) is 0. The van der Waals surface area contributed by atoms with Crippen LogP contribution in [-0.4, -0.2) is 8.42 Å². The highest BCUT2D eigenvalue weighted by atomic mass is 35.5. The van der Waals surface area contributed by atoms with Crippen molar-refractivity contribution in [2.45, 2.75) is 5.75 Å². The van der Waals surface area contributed by atoms with Crippen LogP contribution in [0.1, 0.15) is 11.1 Å². The Morgan fingerprint density at radius 1 is 1.19 bits per heavy atom. The predicted molar refractivity (Wildman–Crippen MR) is 83.3 cm³/mol. The summed E-state index contributed by atoms with van der Waals surface area (Å²) >= 11 is 5.94. The summed E-state index contributed by atoms with van der Waals surface area (Å²) in [5, 5.41) is 8.94. The SMILES string of the molecule is N#Cc1ccc(CS(=O)(=O)Nc2c(N)cccc2Cl)cc1. The molecule has 0 aliphatic carbocycles. The van der Waals surface area contributed by atoms with Crippen LogP contribution in [0.25, 0.3) is 0 Å². The lowest BCUT2D eigenvalue weighted by Crippen LogP contribution is -2.16. The van der Waals surface area contributed by atoms with Crippen molar-refractivity contribution in [3.05, 3.63) is 58.6 Å². The highest BCUT2D eigenvalue weighted by molar-refractivity contribution is 7.91. The normalized spacial score (nSPS) is 10.9. The molecule has 0 bridgehead atoms. The van der Waals surface area contributed by atoms with Crippen molar-refractivity contribution in [3.63, 3.8) is 0 Å². The van der Waals surface area contributed by atoms with Crippen molar-refractivity contribution >= 4 is 33.0 Å². The zero-order valence-electron chi connectivity index (χ0n) is 10.9. The van der Waals surface area contributed by atoms with Crippen LogP contribution in [0.4, 0.5) is 11.4 Å². The summed E-state index contributed by atoms with van der Waals surface area (Å²) < 4.78 is 26.7. The Bertz CT molecular complexity index is 776. The first-order chi connectivity index (χ1) is 9.91. The number of para-hydroxylation sites is 1. The van der Waals surface area contributed by atoms with Gasteiger partial charge in [-0.1, -0.05) is 29.8 Å². The van der Waals surface area contributed by atoms with Crippen molar-refractivity contribution in [2.24, 2.45) is 0 Å². The van der Waals surface area contributed by atoms with Gasteiger partial charge >= 0.3 is 0 Å². The number of sulfonamides is 1. The molecule has 0 atom stereocenters. The van der Waals surface area contributed by atoms with Crippen molar-refractivity contribution in [1.29, 1.82) is 5.26 Å². The van der Waals surface area contributed by atoms with Crippen LogP contribution in [0.3, 0.4) is 0 Å². The fourth-order valence-electron chi connectivity index (χ4n) is 1.74. The number of halogens is 1. The van der Waals surface area contributed by atoms with E-state index in [1.807, 2.05) is 6.07 Å². The van der Waals surface area contributed by atoms with E-state index in [0.29, 0.717) is 11.1 Å². The average molecular weight is 322 g/mol. The molecule has 0 unspecified atom stereocenters. The zero-order valence-corrected chi connectivity index (χ0v) is 12.4. The molecule has 5 nitrogen and oxygen atoms in total. The fraction of sp³-hybridized carbons (Fsp3) is 0.0714. The van der Waals surface area contributed by atoms with Gasteiger partial charge in [0.05, 0.1) is 33.8 Å². The lowest BCUT2D eigenvalue weighted by atomic mass is 10.2. The summed E-state index contributed by atoms with van der Waals surface area (Å²) in [6, 6.07) is 13.0. The maximum absolute atomic E-state index is 12.1. The molecule has 21 heavy (non-hydrogen) atoms. The Balaban J connectivity index is 2.21. The minimum Gasteiger partial charge on any atom is -0.397 e. The van der Waals surface area contributed by atoms with Gasteiger partial charge < -0.3 is 5.73 Å². The molecule has 0 radical (unpaired) electrons. The monoisotopic (exact) mass is 321 g/mol. The summed E-state index contributed by atoms with van der Waals surface area (Å²) in [6.07, 6.45) is 0. The van der Waals surface area contributed by atoms with Gasteiger partial charge in [-0.3, -0.25) is 4.72 Å². The molecule has 0 saturated carbocycles. The molecular weight excluding hydrogens is 310 g/mol. The molecule has 2 rings (SSSR count). The summed E-state index contributed by atoms with van der Waals surface area (Å²) in [7, 11) is -3.65. The first-order valence-electron chi connectivity index (χ1n) is 5.95. The third kappa shape index (κ3) is 3.88. The molecule has 7 heteroatoms. The number of benzene rings is 2. The molecule has 108 valence electrons. The summed E-state index contributed by atoms with van der Waals surface area (Å²) in [6.45, 7) is 0. The van der Waals surface area contributed by atoms with Gasteiger partial charge in [-0.15, -0.1) is 0 Å². The Labute approximate surface area is 128 Å². The molecular formula is C14H12ClN3O2S. The van der Waals surface area contributed by atoms with E-state index >= 15 is 0 Å². The average Bonchev–Trinajstić information content (AvgIpc) is 2.43. The Kier molecular flexibility index (Phi) is 4.36. The number of nitriles is 1. The highest BCUT2D eigenvalue weighted by Crippen LogP contribution is 2.29. The van der Waals surface area contributed by atoms with E-state index < -0.39 is 10.0 Å². The topological polar surface area (TPSA) is 96.0 Å². The van der Waals surface area contributed by atoms with Crippen LogP contribution in [0.5, 0.6) is 0 Å². The van der Waals surface area contributed by atoms with E-state index in [9.17, 15) is 8.42 Å². The van der Waals surface area contributed by atoms with Gasteiger partial charge in [-0.2, -0.15) is 5.26 Å². The largest absolute Gasteiger partial charge is 0.397 e. The minimum absolute atomic E-state index is 0.174. The van der Waals surface area contributed by atoms with Crippen molar-refractivity contribution in [2.75, 3.05) is 10.5 Å². The van der Waals surface area contributed by atoms with Crippen LogP contribution >= 0.6 is 11.6 Å². The molecule has 0 aliphatic rings. The lowest BCUT2D eigenvalue weighted by Gasteiger charge is -2.11. The van der Waals surface area contributed by atoms with Gasteiger partial charge in [0.25, 0.3) is 0 Å². The number of nitrogens with zero attached hydrogens (tertiary/aromatic N) is 1. The van der Waals surface area contributed by atoms with Crippen molar-refractivity contribution < 1.29 is 8.42 Å². The van der Waals surface area contributed by atoms with Crippen LogP contribution in [0.15, 0.2) is 42.5 Å². The molecule has 0 aromatic heterocycles. The van der Waals surface area contributed by atoms with E-state index in [1.165, 1.54) is 0 Å². The van der Waals surface area contributed by atoms with Gasteiger partial charge in [-0.25, -0.2) is 8.42 Å². The number of hydrogen-bond donors (Lipinski definition) is 2. The van der Waals surface area contributed by atoms with Gasteiger partial charge in [-0.05, 0) is 29.8 Å². The molecule has 0 fully saturated rings. The molecule has 0 aliphatic heterocycles. The maximum Gasteiger partial charge on any atom is 0.237 e. The Morgan fingerprint density at radius 3 is 2.43 bits per heavy atom. The molecule has 0 saturated heterocycles.